The highest BCUT2D eigenvalue weighted by atomic mass is 19.3. The fourth-order valence-electron chi connectivity index (χ4n) is 1.85. The molecule has 1 rings (SSSR count). The van der Waals surface area contributed by atoms with Crippen molar-refractivity contribution in [2.45, 2.75) is 37.6 Å². The van der Waals surface area contributed by atoms with Crippen molar-refractivity contribution in [1.82, 2.24) is 10.6 Å². The number of amides is 1. The van der Waals surface area contributed by atoms with E-state index in [1.807, 2.05) is 0 Å². The van der Waals surface area contributed by atoms with Crippen molar-refractivity contribution in [2.75, 3.05) is 7.05 Å². The van der Waals surface area contributed by atoms with Gasteiger partial charge in [-0.1, -0.05) is 6.92 Å². The second-order valence-corrected chi connectivity index (χ2v) is 3.96. The number of piperidine rings is 1. The molecule has 5 atom stereocenters. The summed E-state index contributed by atoms with van der Waals surface area (Å²) in [7, 11) is 1.35. The molecule has 4 N–H and O–H groups in total. The highest BCUT2D eigenvalue weighted by Crippen LogP contribution is 2.24. The third-order valence-electron chi connectivity index (χ3n) is 2.96. The van der Waals surface area contributed by atoms with Gasteiger partial charge in [0.05, 0.1) is 18.2 Å². The van der Waals surface area contributed by atoms with Gasteiger partial charge in [0.2, 0.25) is 5.91 Å². The zero-order valence-corrected chi connectivity index (χ0v) is 9.02. The van der Waals surface area contributed by atoms with Crippen LogP contribution in [0.25, 0.3) is 0 Å². The number of carbonyl (C=O) groups excluding carboxylic acids is 1. The van der Waals surface area contributed by atoms with Crippen LogP contribution >= 0.6 is 0 Å². The maximum absolute atomic E-state index is 12.6. The van der Waals surface area contributed by atoms with Gasteiger partial charge in [0, 0.05) is 13.0 Å². The number of aliphatic hydroxyl groups excluding tert-OH is 2. The Labute approximate surface area is 91.8 Å². The average Bonchev–Trinajstić information content (AvgIpc) is 2.25. The summed E-state index contributed by atoms with van der Waals surface area (Å²) in [6.07, 6.45) is -5.36. The molecule has 0 aromatic carbocycles. The van der Waals surface area contributed by atoms with Gasteiger partial charge in [0.25, 0.3) is 6.43 Å². The van der Waals surface area contributed by atoms with E-state index < -0.39 is 42.5 Å². The summed E-state index contributed by atoms with van der Waals surface area (Å²) in [5, 5.41) is 23.7. The Balaban J connectivity index is 2.85. The zero-order chi connectivity index (χ0) is 12.5. The van der Waals surface area contributed by atoms with Crippen LogP contribution in [0.15, 0.2) is 0 Å². The van der Waals surface area contributed by atoms with Gasteiger partial charge in [0.1, 0.15) is 6.04 Å². The molecule has 1 amide bonds. The Hall–Kier alpha value is -0.790. The van der Waals surface area contributed by atoms with E-state index in [1.165, 1.54) is 14.0 Å². The Morgan fingerprint density at radius 3 is 2.38 bits per heavy atom. The van der Waals surface area contributed by atoms with Crippen LogP contribution in [-0.2, 0) is 4.79 Å². The van der Waals surface area contributed by atoms with Crippen molar-refractivity contribution < 1.29 is 23.8 Å². The Morgan fingerprint density at radius 2 is 1.94 bits per heavy atom. The van der Waals surface area contributed by atoms with Crippen LogP contribution in [0.5, 0.6) is 0 Å². The second kappa shape index (κ2) is 5.03. The van der Waals surface area contributed by atoms with Crippen LogP contribution < -0.4 is 10.6 Å². The predicted octanol–water partition coefficient (Wildman–Crippen LogP) is -1.30. The fraction of sp³-hybridized carbons (Fsp3) is 0.889. The number of carbonyl (C=O) groups is 1. The summed E-state index contributed by atoms with van der Waals surface area (Å²) in [5.41, 5.74) is 0. The first-order chi connectivity index (χ1) is 7.40. The third kappa shape index (κ3) is 2.31. The average molecular weight is 238 g/mol. The number of alkyl halides is 2. The largest absolute Gasteiger partial charge is 0.391 e. The van der Waals surface area contributed by atoms with Gasteiger partial charge in [-0.05, 0) is 0 Å². The van der Waals surface area contributed by atoms with Crippen molar-refractivity contribution in [3.63, 3.8) is 0 Å². The summed E-state index contributed by atoms with van der Waals surface area (Å²) < 4.78 is 25.2. The lowest BCUT2D eigenvalue weighted by Gasteiger charge is -2.41. The van der Waals surface area contributed by atoms with E-state index in [-0.39, 0.29) is 0 Å². The molecule has 7 heteroatoms. The van der Waals surface area contributed by atoms with Gasteiger partial charge in [-0.3, -0.25) is 10.1 Å². The highest BCUT2D eigenvalue weighted by molar-refractivity contribution is 5.82. The maximum Gasteiger partial charge on any atom is 0.256 e. The number of nitrogens with one attached hydrogen (secondary N) is 2. The normalized spacial score (nSPS) is 39.8. The summed E-state index contributed by atoms with van der Waals surface area (Å²) in [5.74, 6) is -1.36. The van der Waals surface area contributed by atoms with E-state index in [9.17, 15) is 23.8 Å². The van der Waals surface area contributed by atoms with Crippen molar-refractivity contribution in [1.29, 1.82) is 0 Å². The van der Waals surface area contributed by atoms with E-state index in [4.69, 9.17) is 0 Å². The van der Waals surface area contributed by atoms with Gasteiger partial charge in [-0.2, -0.15) is 0 Å². The first kappa shape index (κ1) is 13.3. The molecule has 0 aliphatic carbocycles. The molecule has 1 aliphatic rings. The molecule has 1 fully saturated rings. The molecular formula is C9H16F2N2O3. The van der Waals surface area contributed by atoms with Crippen molar-refractivity contribution in [2.24, 2.45) is 5.92 Å². The van der Waals surface area contributed by atoms with Gasteiger partial charge in [-0.15, -0.1) is 0 Å². The van der Waals surface area contributed by atoms with Crippen LogP contribution in [-0.4, -0.2) is 53.9 Å². The molecule has 0 saturated carbocycles. The quantitative estimate of drug-likeness (QED) is 0.482. The number of aliphatic hydroxyl groups is 2. The Morgan fingerprint density at radius 1 is 1.38 bits per heavy atom. The minimum atomic E-state index is -2.79. The van der Waals surface area contributed by atoms with Gasteiger partial charge >= 0.3 is 0 Å². The molecule has 0 spiro atoms. The first-order valence-corrected chi connectivity index (χ1v) is 5.02. The van der Waals surface area contributed by atoms with Crippen LogP contribution in [0.1, 0.15) is 6.92 Å². The molecular weight excluding hydrogens is 222 g/mol. The molecule has 0 aromatic heterocycles. The van der Waals surface area contributed by atoms with Gasteiger partial charge in [-0.25, -0.2) is 8.78 Å². The topological polar surface area (TPSA) is 81.6 Å². The van der Waals surface area contributed by atoms with Crippen molar-refractivity contribution in [3.8, 4) is 0 Å². The monoisotopic (exact) mass is 238 g/mol. The minimum absolute atomic E-state index is 0.572. The molecule has 16 heavy (non-hydrogen) atoms. The number of likely N-dealkylation sites (N-methyl/N-ethyl adjacent to an activating group) is 1. The van der Waals surface area contributed by atoms with Crippen molar-refractivity contribution >= 4 is 5.91 Å². The number of hydrogen-bond acceptors (Lipinski definition) is 4. The van der Waals surface area contributed by atoms with E-state index >= 15 is 0 Å². The molecule has 1 saturated heterocycles. The van der Waals surface area contributed by atoms with Gasteiger partial charge < -0.3 is 15.5 Å². The lowest BCUT2D eigenvalue weighted by Crippen LogP contribution is -2.67. The Bertz CT molecular complexity index is 265. The van der Waals surface area contributed by atoms with Crippen molar-refractivity contribution in [3.05, 3.63) is 0 Å². The molecule has 0 bridgehead atoms. The standard InChI is InChI=1S/C9H16F2N2O3/c1-3-6(14)4(8(10)11)13-5(7(3)15)9(16)12-2/h3-8,13-15H,1-2H3,(H,12,16). The van der Waals surface area contributed by atoms with E-state index in [2.05, 4.69) is 10.6 Å². The Kier molecular flexibility index (Phi) is 4.17. The minimum Gasteiger partial charge on any atom is -0.391 e. The highest BCUT2D eigenvalue weighted by Gasteiger charge is 2.46. The molecule has 1 aliphatic heterocycles. The summed E-state index contributed by atoms with van der Waals surface area (Å²) >= 11 is 0. The summed E-state index contributed by atoms with van der Waals surface area (Å²) in [6.45, 7) is 1.43. The van der Waals surface area contributed by atoms with E-state index in [1.54, 1.807) is 0 Å². The van der Waals surface area contributed by atoms with Crippen LogP contribution in [0.2, 0.25) is 0 Å². The lowest BCUT2D eigenvalue weighted by atomic mass is 9.83. The second-order valence-electron chi connectivity index (χ2n) is 3.96. The van der Waals surface area contributed by atoms with Crippen LogP contribution in [0.3, 0.4) is 0 Å². The lowest BCUT2D eigenvalue weighted by molar-refractivity contribution is -0.136. The molecule has 94 valence electrons. The van der Waals surface area contributed by atoms with E-state index in [0.29, 0.717) is 0 Å². The molecule has 0 radical (unpaired) electrons. The predicted molar refractivity (Wildman–Crippen MR) is 52.0 cm³/mol. The van der Waals surface area contributed by atoms with Crippen LogP contribution in [0.4, 0.5) is 8.78 Å². The van der Waals surface area contributed by atoms with Crippen LogP contribution in [0, 0.1) is 5.92 Å². The zero-order valence-electron chi connectivity index (χ0n) is 9.02. The number of hydrogen-bond donors (Lipinski definition) is 4. The SMILES string of the molecule is CNC(=O)C1NC(C(F)F)C(O)C(C)C1O. The number of halogens is 2. The third-order valence-corrected chi connectivity index (χ3v) is 2.96. The van der Waals surface area contributed by atoms with E-state index in [0.717, 1.165) is 0 Å². The number of rotatable bonds is 2. The maximum atomic E-state index is 12.6. The summed E-state index contributed by atoms with van der Waals surface area (Å²) in [4.78, 5) is 11.3. The molecule has 5 nitrogen and oxygen atoms in total. The van der Waals surface area contributed by atoms with Gasteiger partial charge in [0.15, 0.2) is 0 Å². The fourth-order valence-corrected chi connectivity index (χ4v) is 1.85. The smallest absolute Gasteiger partial charge is 0.256 e. The molecule has 1 heterocycles. The molecule has 5 unspecified atom stereocenters. The molecule has 0 aromatic rings. The summed E-state index contributed by atoms with van der Waals surface area (Å²) in [6, 6.07) is -2.62. The first-order valence-electron chi connectivity index (χ1n) is 5.02.